The molecule has 7 nitrogen and oxygen atoms in total. The predicted octanol–water partition coefficient (Wildman–Crippen LogP) is -9.85. The fraction of sp³-hybridized carbons (Fsp3) is 1.00. The number of rotatable bonds is 2. The second kappa shape index (κ2) is 15.3. The third kappa shape index (κ3) is 50.9. The first-order valence-electron chi connectivity index (χ1n) is 2.45. The maximum atomic E-state index is 8.66. The van der Waals surface area contributed by atoms with Crippen molar-refractivity contribution < 1.29 is 137 Å². The van der Waals surface area contributed by atoms with Gasteiger partial charge in [-0.1, -0.05) is 0 Å². The summed E-state index contributed by atoms with van der Waals surface area (Å²) in [6.07, 6.45) is -0.954. The molecule has 0 aliphatic rings. The van der Waals surface area contributed by atoms with Gasteiger partial charge in [-0.05, 0) is 0 Å². The van der Waals surface area contributed by atoms with E-state index in [4.69, 9.17) is 34.6 Å². The molecule has 13 heavy (non-hydrogen) atoms. The molecule has 0 saturated carbocycles. The van der Waals surface area contributed by atoms with Crippen LogP contribution in [-0.2, 0) is 4.57 Å². The zero-order valence-electron chi connectivity index (χ0n) is 7.45. The first-order valence-corrected chi connectivity index (χ1v) is 3.95. The standard InChI is InChI=1S/C3H8O3.2K.H3O4P/c4-1-3(6)2-5;;;1-5(2,3)4/h3-6H,1-2H2;;;(H3,1,2,3,4)/q;2*+1;/p-2. The normalized spacial score (nSPS) is 9.15. The van der Waals surface area contributed by atoms with E-state index in [0.717, 1.165) is 0 Å². The minimum Gasteiger partial charge on any atom is -0.790 e. The first kappa shape index (κ1) is 25.2. The summed E-state index contributed by atoms with van der Waals surface area (Å²) < 4.78 is 8.66. The molecule has 0 aliphatic heterocycles. The van der Waals surface area contributed by atoms with Gasteiger partial charge in [-0.3, -0.25) is 0 Å². The maximum Gasteiger partial charge on any atom is 1.00 e. The first-order chi connectivity index (χ1) is 4.81. The van der Waals surface area contributed by atoms with Crippen LogP contribution in [0.3, 0.4) is 0 Å². The second-order valence-corrected chi connectivity index (χ2v) is 2.42. The molecule has 0 aromatic rings. The molecule has 0 aromatic heterocycles. The minimum atomic E-state index is -5.14. The molecule has 0 fully saturated rings. The number of hydrogen-bond donors (Lipinski definition) is 4. The Kier molecular flexibility index (Phi) is 29.6. The Morgan fingerprint density at radius 1 is 1.15 bits per heavy atom. The van der Waals surface area contributed by atoms with Crippen molar-refractivity contribution in [2.45, 2.75) is 6.10 Å². The van der Waals surface area contributed by atoms with E-state index in [-0.39, 0.29) is 116 Å². The zero-order valence-corrected chi connectivity index (χ0v) is 14.6. The molecule has 0 bridgehead atoms. The van der Waals surface area contributed by atoms with Crippen LogP contribution in [0.4, 0.5) is 0 Å². The van der Waals surface area contributed by atoms with Crippen molar-refractivity contribution in [3.05, 3.63) is 0 Å². The van der Waals surface area contributed by atoms with E-state index in [1.165, 1.54) is 0 Å². The quantitative estimate of drug-likeness (QED) is 0.287. The van der Waals surface area contributed by atoms with Gasteiger partial charge >= 0.3 is 103 Å². The van der Waals surface area contributed by atoms with E-state index < -0.39 is 13.9 Å². The number of phosphoric acid groups is 1. The van der Waals surface area contributed by atoms with Crippen molar-refractivity contribution in [3.63, 3.8) is 0 Å². The van der Waals surface area contributed by atoms with Gasteiger partial charge in [0.25, 0.3) is 0 Å². The van der Waals surface area contributed by atoms with Crippen molar-refractivity contribution in [1.29, 1.82) is 0 Å². The van der Waals surface area contributed by atoms with Crippen LogP contribution >= 0.6 is 7.82 Å². The molecule has 0 saturated heterocycles. The van der Waals surface area contributed by atoms with Gasteiger partial charge in [-0.2, -0.15) is 0 Å². The fourth-order valence-electron chi connectivity index (χ4n) is 0.0577. The van der Waals surface area contributed by atoms with Gasteiger partial charge < -0.3 is 34.6 Å². The molecule has 70 valence electrons. The molecule has 0 heterocycles. The Labute approximate surface area is 161 Å². The van der Waals surface area contributed by atoms with E-state index in [0.29, 0.717) is 0 Å². The summed E-state index contributed by atoms with van der Waals surface area (Å²) in [6, 6.07) is 0. The molecule has 0 aliphatic carbocycles. The second-order valence-electron chi connectivity index (χ2n) is 1.49. The van der Waals surface area contributed by atoms with Crippen LogP contribution in [0.15, 0.2) is 0 Å². The van der Waals surface area contributed by atoms with E-state index in [9.17, 15) is 0 Å². The van der Waals surface area contributed by atoms with Gasteiger partial charge in [0.15, 0.2) is 0 Å². The number of aliphatic hydroxyl groups excluding tert-OH is 3. The molecule has 0 rings (SSSR count). The van der Waals surface area contributed by atoms with E-state index in [2.05, 4.69) is 0 Å². The molecule has 0 amide bonds. The summed E-state index contributed by atoms with van der Waals surface area (Å²) in [6.45, 7) is -0.729. The maximum absolute atomic E-state index is 8.66. The van der Waals surface area contributed by atoms with Crippen LogP contribution in [0, 0.1) is 0 Å². The third-order valence-electron chi connectivity index (χ3n) is 0.421. The molecule has 0 unspecified atom stereocenters. The molecule has 4 N–H and O–H groups in total. The third-order valence-corrected chi connectivity index (χ3v) is 0.421. The molecular formula is C3H9K2O7P. The zero-order chi connectivity index (χ0) is 9.49. The van der Waals surface area contributed by atoms with Crippen LogP contribution in [0.5, 0.6) is 0 Å². The Morgan fingerprint density at radius 3 is 1.31 bits per heavy atom. The Morgan fingerprint density at radius 2 is 1.31 bits per heavy atom. The molecular weight excluding hydrogens is 257 g/mol. The Balaban J connectivity index is -0.0000000546. The molecule has 0 spiro atoms. The molecule has 0 atom stereocenters. The van der Waals surface area contributed by atoms with Crippen LogP contribution in [-0.4, -0.2) is 39.5 Å². The smallest absolute Gasteiger partial charge is 0.790 e. The Bertz CT molecular complexity index is 115. The van der Waals surface area contributed by atoms with Crippen molar-refractivity contribution >= 4 is 7.82 Å². The van der Waals surface area contributed by atoms with Crippen LogP contribution in [0.25, 0.3) is 0 Å². The minimum absolute atomic E-state index is 0. The summed E-state index contributed by atoms with van der Waals surface area (Å²) in [5.74, 6) is 0. The van der Waals surface area contributed by atoms with E-state index >= 15 is 0 Å². The molecule has 0 radical (unpaired) electrons. The van der Waals surface area contributed by atoms with Crippen molar-refractivity contribution in [2.24, 2.45) is 0 Å². The summed E-state index contributed by atoms with van der Waals surface area (Å²) >= 11 is 0. The van der Waals surface area contributed by atoms with Crippen molar-refractivity contribution in [2.75, 3.05) is 13.2 Å². The predicted molar refractivity (Wildman–Crippen MR) is 30.0 cm³/mol. The molecule has 0 aromatic carbocycles. The SMILES string of the molecule is O=P([O-])([O-])O.OCC(O)CO.[K+].[K+]. The number of hydrogen-bond acceptors (Lipinski definition) is 6. The largest absolute Gasteiger partial charge is 1.00 e. The van der Waals surface area contributed by atoms with Gasteiger partial charge in [-0.25, -0.2) is 0 Å². The average Bonchev–Trinajstić information content (AvgIpc) is 1.83. The van der Waals surface area contributed by atoms with Crippen molar-refractivity contribution in [3.8, 4) is 0 Å². The van der Waals surface area contributed by atoms with Gasteiger partial charge in [0.1, 0.15) is 6.10 Å². The van der Waals surface area contributed by atoms with E-state index in [1.54, 1.807) is 0 Å². The number of aliphatic hydroxyl groups is 3. The van der Waals surface area contributed by atoms with Crippen LogP contribution in [0.2, 0.25) is 0 Å². The summed E-state index contributed by atoms with van der Waals surface area (Å²) in [5.41, 5.74) is 0. The van der Waals surface area contributed by atoms with Gasteiger partial charge in [0, 0.05) is 0 Å². The van der Waals surface area contributed by atoms with Gasteiger partial charge in [0.05, 0.1) is 21.0 Å². The topological polar surface area (TPSA) is 144 Å². The fourth-order valence-corrected chi connectivity index (χ4v) is 0.0577. The average molecular weight is 266 g/mol. The monoisotopic (exact) mass is 266 g/mol. The van der Waals surface area contributed by atoms with Crippen LogP contribution in [0.1, 0.15) is 0 Å². The molecule has 10 heteroatoms. The van der Waals surface area contributed by atoms with E-state index in [1.807, 2.05) is 0 Å². The van der Waals surface area contributed by atoms with Gasteiger partial charge in [0.2, 0.25) is 0 Å². The Hall–Kier alpha value is 3.26. The van der Waals surface area contributed by atoms with Crippen LogP contribution < -0.4 is 113 Å². The summed E-state index contributed by atoms with van der Waals surface area (Å²) in [7, 11) is -5.14. The summed E-state index contributed by atoms with van der Waals surface area (Å²) in [5, 5.41) is 24.0. The van der Waals surface area contributed by atoms with Crippen molar-refractivity contribution in [1.82, 2.24) is 0 Å². The van der Waals surface area contributed by atoms with Gasteiger partial charge in [-0.15, -0.1) is 0 Å². The summed E-state index contributed by atoms with van der Waals surface area (Å²) in [4.78, 5) is 24.3.